The molecule has 0 bridgehead atoms. The van der Waals surface area contributed by atoms with Crippen molar-refractivity contribution in [2.24, 2.45) is 29.6 Å². The first-order valence-electron chi connectivity index (χ1n) is 21.1. The molecule has 0 aromatic heterocycles. The molecule has 3 saturated carbocycles. The van der Waals surface area contributed by atoms with Crippen LogP contribution >= 0.6 is 34.8 Å². The lowest BCUT2D eigenvalue weighted by Gasteiger charge is -2.37. The summed E-state index contributed by atoms with van der Waals surface area (Å²) in [7, 11) is 0. The largest absolute Gasteiger partial charge is 0.388 e. The van der Waals surface area contributed by atoms with Crippen LogP contribution in [0, 0.1) is 52.3 Å². The van der Waals surface area contributed by atoms with Crippen LogP contribution in [0.1, 0.15) is 136 Å². The summed E-state index contributed by atoms with van der Waals surface area (Å²) < 4.78 is 53.2. The average Bonchev–Trinajstić information content (AvgIpc) is 3.24. The molecule has 3 aliphatic carbocycles. The Morgan fingerprint density at radius 1 is 0.655 bits per heavy atom. The maximum atomic E-state index is 13.7. The molecule has 3 aromatic carbocycles. The maximum Gasteiger partial charge on any atom is 0.388 e. The minimum atomic E-state index is -4.59. The van der Waals surface area contributed by atoms with Gasteiger partial charge >= 0.3 is 11.3 Å². The summed E-state index contributed by atoms with van der Waals surface area (Å²) in [6, 6.07) is 22.3. The zero-order chi connectivity index (χ0) is 41.7. The van der Waals surface area contributed by atoms with Crippen molar-refractivity contribution in [2.45, 2.75) is 127 Å². The molecule has 0 N–H and O–H groups in total. The predicted octanol–water partition coefficient (Wildman–Crippen LogP) is 16.0. The monoisotopic (exact) mass is 852 g/mol. The highest BCUT2D eigenvalue weighted by atomic mass is 35.5. The standard InChI is InChI=1S/C27H29ClN2.C22H26Cl2F4/c1-2-3-23-14-15-25(27(19-30)26(23)18-29)24-12-10-21(11-13-24)5-4-20-6-8-22(9-7-20)16-17-28;23-14-13-15-1-3-16(4-2-15)17-5-7-18(8-6-17)19-9-11-20(12-10-19)21(25,26)22(24,27)28/h10-17,20,22H,2-9H2,1H3;9-18H,1-8H2/b17-16+;14-13+. The van der Waals surface area contributed by atoms with E-state index in [4.69, 9.17) is 23.2 Å². The van der Waals surface area contributed by atoms with Crippen LogP contribution in [0.5, 0.6) is 0 Å². The van der Waals surface area contributed by atoms with Gasteiger partial charge in [0.1, 0.15) is 12.1 Å². The van der Waals surface area contributed by atoms with Gasteiger partial charge in [-0.2, -0.15) is 28.1 Å². The van der Waals surface area contributed by atoms with Crippen LogP contribution in [-0.2, 0) is 18.8 Å². The number of aryl methyl sites for hydroxylation is 2. The average molecular weight is 854 g/mol. The van der Waals surface area contributed by atoms with Gasteiger partial charge in [0.15, 0.2) is 0 Å². The second kappa shape index (κ2) is 21.8. The van der Waals surface area contributed by atoms with E-state index in [1.165, 1.54) is 63.4 Å². The zero-order valence-electron chi connectivity index (χ0n) is 33.4. The second-order valence-corrected chi connectivity index (χ2v) is 17.6. The molecule has 6 rings (SSSR count). The zero-order valence-corrected chi connectivity index (χ0v) is 35.7. The van der Waals surface area contributed by atoms with Gasteiger partial charge in [-0.3, -0.25) is 0 Å². The fourth-order valence-electron chi connectivity index (χ4n) is 9.57. The minimum Gasteiger partial charge on any atom is -0.193 e. The van der Waals surface area contributed by atoms with Gasteiger partial charge in [0.2, 0.25) is 0 Å². The van der Waals surface area contributed by atoms with Crippen molar-refractivity contribution in [3.05, 3.63) is 117 Å². The molecule has 0 spiro atoms. The Kier molecular flexibility index (Phi) is 17.2. The molecule has 0 saturated heterocycles. The third-order valence-corrected chi connectivity index (χ3v) is 13.6. The molecule has 0 unspecified atom stereocenters. The Bertz CT molecular complexity index is 1880. The topological polar surface area (TPSA) is 47.6 Å². The Morgan fingerprint density at radius 3 is 1.69 bits per heavy atom. The van der Waals surface area contributed by atoms with Crippen LogP contribution < -0.4 is 0 Å². The second-order valence-electron chi connectivity index (χ2n) is 16.6. The van der Waals surface area contributed by atoms with E-state index in [0.717, 1.165) is 97.1 Å². The van der Waals surface area contributed by atoms with Gasteiger partial charge in [0, 0.05) is 22.2 Å². The van der Waals surface area contributed by atoms with E-state index in [2.05, 4.69) is 67.1 Å². The quantitative estimate of drug-likeness (QED) is 0.135. The van der Waals surface area contributed by atoms with Crippen molar-refractivity contribution in [3.8, 4) is 23.3 Å². The molecule has 0 heterocycles. The predicted molar refractivity (Wildman–Crippen MR) is 230 cm³/mol. The van der Waals surface area contributed by atoms with Gasteiger partial charge in [0.05, 0.1) is 11.1 Å². The normalized spacial score (nSPS) is 24.2. The van der Waals surface area contributed by atoms with E-state index >= 15 is 0 Å². The Balaban J connectivity index is 0.000000221. The van der Waals surface area contributed by atoms with Crippen molar-refractivity contribution < 1.29 is 17.6 Å². The molecule has 2 nitrogen and oxygen atoms in total. The molecule has 3 aromatic rings. The third-order valence-electron chi connectivity index (χ3n) is 13.1. The van der Waals surface area contributed by atoms with Gasteiger partial charge in [-0.25, -0.2) is 0 Å². The van der Waals surface area contributed by atoms with Crippen molar-refractivity contribution in [1.82, 2.24) is 0 Å². The summed E-state index contributed by atoms with van der Waals surface area (Å²) >= 11 is 16.0. The number of halogens is 7. The number of nitriles is 2. The minimum absolute atomic E-state index is 0.311. The summed E-state index contributed by atoms with van der Waals surface area (Å²) in [5.41, 5.74) is 8.69. The molecule has 9 heteroatoms. The van der Waals surface area contributed by atoms with E-state index < -0.39 is 16.9 Å². The van der Waals surface area contributed by atoms with Gasteiger partial charge in [-0.05, 0) is 166 Å². The number of hydrogen-bond donors (Lipinski definition) is 0. The molecule has 3 aliphatic rings. The Labute approximate surface area is 358 Å². The third kappa shape index (κ3) is 11.9. The van der Waals surface area contributed by atoms with Crippen molar-refractivity contribution in [1.29, 1.82) is 10.5 Å². The lowest BCUT2D eigenvalue weighted by atomic mass is 9.68. The number of nitrogens with zero attached hydrogens (tertiary/aromatic N) is 2. The summed E-state index contributed by atoms with van der Waals surface area (Å²) in [6.07, 6.45) is 22.6. The van der Waals surface area contributed by atoms with E-state index in [9.17, 15) is 28.1 Å². The number of rotatable bonds is 12. The molecular weight excluding hydrogens is 799 g/mol. The fraction of sp³-hybridized carbons (Fsp3) is 0.510. The maximum absolute atomic E-state index is 13.7. The first-order chi connectivity index (χ1) is 27.9. The number of hydrogen-bond acceptors (Lipinski definition) is 2. The summed E-state index contributed by atoms with van der Waals surface area (Å²) in [5, 5.41) is 14.7. The van der Waals surface area contributed by atoms with E-state index in [0.29, 0.717) is 28.9 Å². The van der Waals surface area contributed by atoms with E-state index in [-0.39, 0.29) is 0 Å². The summed E-state index contributed by atoms with van der Waals surface area (Å²) in [5.74, 6) is -0.479. The Morgan fingerprint density at radius 2 is 1.19 bits per heavy atom. The van der Waals surface area contributed by atoms with E-state index in [1.807, 2.05) is 12.1 Å². The molecule has 0 amide bonds. The molecule has 58 heavy (non-hydrogen) atoms. The van der Waals surface area contributed by atoms with Gasteiger partial charge in [-0.15, -0.1) is 0 Å². The number of allylic oxidation sites excluding steroid dienone is 2. The highest BCUT2D eigenvalue weighted by Gasteiger charge is 2.56. The van der Waals surface area contributed by atoms with Crippen LogP contribution in [-0.4, -0.2) is 5.38 Å². The number of benzene rings is 3. The Hall–Kier alpha value is -3.29. The van der Waals surface area contributed by atoms with Crippen molar-refractivity contribution in [3.63, 3.8) is 0 Å². The van der Waals surface area contributed by atoms with Crippen molar-refractivity contribution >= 4 is 34.8 Å². The smallest absolute Gasteiger partial charge is 0.193 e. The lowest BCUT2D eigenvalue weighted by molar-refractivity contribution is -0.164. The fourth-order valence-corrected chi connectivity index (χ4v) is 10.1. The molecule has 0 atom stereocenters. The lowest BCUT2D eigenvalue weighted by Crippen LogP contribution is -2.32. The summed E-state index contributed by atoms with van der Waals surface area (Å²) in [4.78, 5) is 0. The van der Waals surface area contributed by atoms with Crippen LogP contribution in [0.4, 0.5) is 17.6 Å². The molecule has 3 fully saturated rings. The molecule has 0 aliphatic heterocycles. The van der Waals surface area contributed by atoms with Gasteiger partial charge in [-0.1, -0.05) is 109 Å². The summed E-state index contributed by atoms with van der Waals surface area (Å²) in [6.45, 7) is 2.09. The number of alkyl halides is 5. The van der Waals surface area contributed by atoms with Gasteiger partial charge in [0.25, 0.3) is 0 Å². The highest BCUT2D eigenvalue weighted by molar-refractivity contribution is 6.25. The molecular formula is C49H55Cl3F4N2. The van der Waals surface area contributed by atoms with Gasteiger partial charge < -0.3 is 0 Å². The molecule has 310 valence electrons. The van der Waals surface area contributed by atoms with Crippen LogP contribution in [0.3, 0.4) is 0 Å². The van der Waals surface area contributed by atoms with Crippen molar-refractivity contribution in [2.75, 3.05) is 0 Å². The SMILES string of the molecule is CCCc1ccc(-c2ccc(CCC3CCC(/C=C/Cl)CC3)cc2)c(C#N)c1C#N.FC(F)(Cl)C(F)(F)c1ccc(C2CCC(C3CCC(/C=C/Cl)CC3)CC2)cc1. The highest BCUT2D eigenvalue weighted by Crippen LogP contribution is 2.47. The van der Waals surface area contributed by atoms with Crippen LogP contribution in [0.25, 0.3) is 11.1 Å². The molecule has 0 radical (unpaired) electrons. The van der Waals surface area contributed by atoms with Crippen LogP contribution in [0.2, 0.25) is 0 Å². The van der Waals surface area contributed by atoms with E-state index in [1.54, 1.807) is 23.2 Å². The first-order valence-corrected chi connectivity index (χ1v) is 22.3. The van der Waals surface area contributed by atoms with Crippen LogP contribution in [0.15, 0.2) is 83.9 Å². The first kappa shape index (κ1) is 45.8.